The molecule has 1 fully saturated rings. The number of hydrogen-bond donors (Lipinski definition) is 0. The van der Waals surface area contributed by atoms with Crippen molar-refractivity contribution >= 4 is 9.84 Å². The van der Waals surface area contributed by atoms with Crippen LogP contribution in [0.4, 0.5) is 0 Å². The molecule has 0 spiro atoms. The van der Waals surface area contributed by atoms with Crippen LogP contribution in [-0.2, 0) is 9.84 Å². The molecule has 3 nitrogen and oxygen atoms in total. The summed E-state index contributed by atoms with van der Waals surface area (Å²) in [5, 5.41) is 8.33. The Bertz CT molecular complexity index is 289. The summed E-state index contributed by atoms with van der Waals surface area (Å²) in [5.74, 6) is 0.173. The van der Waals surface area contributed by atoms with E-state index in [1.165, 1.54) is 0 Å². The SMILES string of the molecule is CCS(=O)(=O)[C@H]1CC[C@H](C#N)C1. The van der Waals surface area contributed by atoms with Gasteiger partial charge in [-0.25, -0.2) is 8.42 Å². The second-order valence-corrected chi connectivity index (χ2v) is 5.78. The largest absolute Gasteiger partial charge is 0.229 e. The quantitative estimate of drug-likeness (QED) is 0.650. The minimum Gasteiger partial charge on any atom is -0.229 e. The van der Waals surface area contributed by atoms with Gasteiger partial charge in [-0.1, -0.05) is 6.92 Å². The van der Waals surface area contributed by atoms with Gasteiger partial charge in [-0.15, -0.1) is 0 Å². The first-order chi connectivity index (χ1) is 5.60. The molecule has 0 bridgehead atoms. The molecule has 0 aromatic rings. The van der Waals surface area contributed by atoms with E-state index in [4.69, 9.17) is 5.26 Å². The molecule has 1 saturated carbocycles. The molecule has 0 saturated heterocycles. The van der Waals surface area contributed by atoms with Crippen LogP contribution in [0.5, 0.6) is 0 Å². The zero-order valence-corrected chi connectivity index (χ0v) is 7.97. The van der Waals surface area contributed by atoms with Crippen molar-refractivity contribution in [2.45, 2.75) is 31.4 Å². The summed E-state index contributed by atoms with van der Waals surface area (Å²) in [7, 11) is -2.89. The molecule has 0 unspecified atom stereocenters. The average Bonchev–Trinajstić information content (AvgIpc) is 2.52. The topological polar surface area (TPSA) is 57.9 Å². The molecule has 0 amide bonds. The summed E-state index contributed by atoms with van der Waals surface area (Å²) in [6.45, 7) is 1.66. The summed E-state index contributed by atoms with van der Waals surface area (Å²) in [5.41, 5.74) is 0. The van der Waals surface area contributed by atoms with Gasteiger partial charge in [-0.2, -0.15) is 5.26 Å². The Kier molecular flexibility index (Phi) is 2.73. The Hall–Kier alpha value is -0.560. The van der Waals surface area contributed by atoms with E-state index in [-0.39, 0.29) is 16.9 Å². The molecule has 0 aliphatic heterocycles. The molecule has 0 aromatic heterocycles. The minimum absolute atomic E-state index is 0.0312. The van der Waals surface area contributed by atoms with Gasteiger partial charge in [0, 0.05) is 11.7 Å². The molecule has 68 valence electrons. The van der Waals surface area contributed by atoms with Crippen LogP contribution in [0.3, 0.4) is 0 Å². The third kappa shape index (κ3) is 1.78. The highest BCUT2D eigenvalue weighted by atomic mass is 32.2. The van der Waals surface area contributed by atoms with E-state index < -0.39 is 9.84 Å². The van der Waals surface area contributed by atoms with Crippen molar-refractivity contribution in [1.29, 1.82) is 5.26 Å². The van der Waals surface area contributed by atoms with Crippen molar-refractivity contribution in [2.75, 3.05) is 5.75 Å². The lowest BCUT2D eigenvalue weighted by Gasteiger charge is -2.07. The maximum Gasteiger partial charge on any atom is 0.152 e. The lowest BCUT2D eigenvalue weighted by molar-refractivity contribution is 0.579. The van der Waals surface area contributed by atoms with Crippen LogP contribution in [0.1, 0.15) is 26.2 Å². The lowest BCUT2D eigenvalue weighted by atomic mass is 10.1. The van der Waals surface area contributed by atoms with Crippen molar-refractivity contribution in [2.24, 2.45) is 5.92 Å². The van der Waals surface area contributed by atoms with Crippen molar-refractivity contribution in [1.82, 2.24) is 0 Å². The van der Waals surface area contributed by atoms with Gasteiger partial charge in [0.2, 0.25) is 0 Å². The van der Waals surface area contributed by atoms with Crippen LogP contribution in [0.25, 0.3) is 0 Å². The second kappa shape index (κ2) is 3.44. The first-order valence-electron chi connectivity index (χ1n) is 4.21. The molecule has 1 rings (SSSR count). The summed E-state index contributed by atoms with van der Waals surface area (Å²) >= 11 is 0. The van der Waals surface area contributed by atoms with Gasteiger partial charge in [0.1, 0.15) is 0 Å². The van der Waals surface area contributed by atoms with Crippen LogP contribution < -0.4 is 0 Å². The second-order valence-electron chi connectivity index (χ2n) is 3.21. The molecule has 12 heavy (non-hydrogen) atoms. The molecule has 2 atom stereocenters. The molecule has 0 radical (unpaired) electrons. The fraction of sp³-hybridized carbons (Fsp3) is 0.875. The van der Waals surface area contributed by atoms with Gasteiger partial charge in [-0.3, -0.25) is 0 Å². The van der Waals surface area contributed by atoms with E-state index in [1.54, 1.807) is 6.92 Å². The Morgan fingerprint density at radius 1 is 1.50 bits per heavy atom. The van der Waals surface area contributed by atoms with Crippen molar-refractivity contribution in [3.63, 3.8) is 0 Å². The van der Waals surface area contributed by atoms with E-state index >= 15 is 0 Å². The highest BCUT2D eigenvalue weighted by molar-refractivity contribution is 7.92. The van der Waals surface area contributed by atoms with Gasteiger partial charge in [0.15, 0.2) is 9.84 Å². The summed E-state index contributed by atoms with van der Waals surface area (Å²) < 4.78 is 22.7. The van der Waals surface area contributed by atoms with E-state index in [9.17, 15) is 8.42 Å². The van der Waals surface area contributed by atoms with Crippen LogP contribution in [-0.4, -0.2) is 19.4 Å². The maximum atomic E-state index is 11.4. The number of hydrogen-bond acceptors (Lipinski definition) is 3. The van der Waals surface area contributed by atoms with Crippen molar-refractivity contribution in [3.8, 4) is 6.07 Å². The fourth-order valence-electron chi connectivity index (χ4n) is 1.62. The molecule has 0 N–H and O–H groups in total. The summed E-state index contributed by atoms with van der Waals surface area (Å²) in [6.07, 6.45) is 1.97. The molecular weight excluding hydrogens is 174 g/mol. The minimum atomic E-state index is -2.89. The zero-order valence-electron chi connectivity index (χ0n) is 7.16. The monoisotopic (exact) mass is 187 g/mol. The van der Waals surface area contributed by atoms with Crippen molar-refractivity contribution in [3.05, 3.63) is 0 Å². The van der Waals surface area contributed by atoms with Crippen LogP contribution in [0, 0.1) is 17.2 Å². The lowest BCUT2D eigenvalue weighted by Crippen LogP contribution is -2.19. The van der Waals surface area contributed by atoms with Crippen molar-refractivity contribution < 1.29 is 8.42 Å². The number of nitrogens with zero attached hydrogens (tertiary/aromatic N) is 1. The smallest absolute Gasteiger partial charge is 0.152 e. The van der Waals surface area contributed by atoms with Gasteiger partial charge < -0.3 is 0 Å². The van der Waals surface area contributed by atoms with E-state index in [1.807, 2.05) is 0 Å². The Labute approximate surface area is 73.3 Å². The first-order valence-corrected chi connectivity index (χ1v) is 5.93. The molecular formula is C8H13NO2S. The highest BCUT2D eigenvalue weighted by Gasteiger charge is 2.32. The number of sulfone groups is 1. The standard InChI is InChI=1S/C8H13NO2S/c1-2-12(10,11)8-4-3-7(5-8)6-9/h7-8H,2-5H2,1H3/t7-,8-/m0/s1. The maximum absolute atomic E-state index is 11.4. The Balaban J connectivity index is 2.66. The van der Waals surface area contributed by atoms with Crippen LogP contribution in [0.15, 0.2) is 0 Å². The first kappa shape index (κ1) is 9.53. The van der Waals surface area contributed by atoms with E-state index in [2.05, 4.69) is 6.07 Å². The fourth-order valence-corrected chi connectivity index (χ4v) is 3.11. The van der Waals surface area contributed by atoms with Crippen LogP contribution in [0.2, 0.25) is 0 Å². The van der Waals surface area contributed by atoms with Gasteiger partial charge in [0.25, 0.3) is 0 Å². The number of rotatable bonds is 2. The average molecular weight is 187 g/mol. The summed E-state index contributed by atoms with van der Waals surface area (Å²) in [4.78, 5) is 0. The molecule has 1 aliphatic carbocycles. The summed E-state index contributed by atoms with van der Waals surface area (Å²) in [6, 6.07) is 2.13. The van der Waals surface area contributed by atoms with Crippen LogP contribution >= 0.6 is 0 Å². The number of nitriles is 1. The molecule has 0 aromatic carbocycles. The zero-order chi connectivity index (χ0) is 9.19. The molecule has 1 aliphatic rings. The Morgan fingerprint density at radius 2 is 2.17 bits per heavy atom. The third-order valence-electron chi connectivity index (χ3n) is 2.48. The Morgan fingerprint density at radius 3 is 2.58 bits per heavy atom. The van der Waals surface area contributed by atoms with Gasteiger partial charge in [0.05, 0.1) is 11.3 Å². The van der Waals surface area contributed by atoms with E-state index in [0.717, 1.165) is 6.42 Å². The molecule has 0 heterocycles. The predicted octanol–water partition coefficient (Wildman–Crippen LogP) is 1.11. The highest BCUT2D eigenvalue weighted by Crippen LogP contribution is 2.29. The van der Waals surface area contributed by atoms with E-state index in [0.29, 0.717) is 12.8 Å². The predicted molar refractivity (Wildman–Crippen MR) is 46.2 cm³/mol. The van der Waals surface area contributed by atoms with Gasteiger partial charge in [-0.05, 0) is 19.3 Å². The van der Waals surface area contributed by atoms with Gasteiger partial charge >= 0.3 is 0 Å². The normalized spacial score (nSPS) is 30.0. The third-order valence-corrected chi connectivity index (χ3v) is 4.73. The molecule has 4 heteroatoms.